The van der Waals surface area contributed by atoms with Gasteiger partial charge in [0.25, 0.3) is 0 Å². The highest BCUT2D eigenvalue weighted by Crippen LogP contribution is 2.41. The number of amides is 1. The van der Waals surface area contributed by atoms with Gasteiger partial charge in [0.2, 0.25) is 5.91 Å². The van der Waals surface area contributed by atoms with Gasteiger partial charge in [0, 0.05) is 23.8 Å². The normalized spacial score (nSPS) is 24.1. The van der Waals surface area contributed by atoms with Crippen LogP contribution in [0.3, 0.4) is 0 Å². The number of thioether (sulfide) groups is 1. The molecule has 1 amide bonds. The van der Waals surface area contributed by atoms with Crippen LogP contribution >= 0.6 is 11.8 Å². The lowest BCUT2D eigenvalue weighted by Crippen LogP contribution is -2.35. The van der Waals surface area contributed by atoms with E-state index >= 15 is 0 Å². The van der Waals surface area contributed by atoms with Gasteiger partial charge in [-0.2, -0.15) is 0 Å². The summed E-state index contributed by atoms with van der Waals surface area (Å²) in [5.74, 6) is 1.10. The molecule has 1 atom stereocenters. The van der Waals surface area contributed by atoms with Crippen LogP contribution < -0.4 is 0 Å². The van der Waals surface area contributed by atoms with Crippen molar-refractivity contribution in [2.75, 3.05) is 12.3 Å². The van der Waals surface area contributed by atoms with Gasteiger partial charge in [-0.3, -0.25) is 4.79 Å². The summed E-state index contributed by atoms with van der Waals surface area (Å²) in [6, 6.07) is 6.82. The minimum Gasteiger partial charge on any atom is -0.325 e. The molecule has 3 rings (SSSR count). The van der Waals surface area contributed by atoms with Crippen LogP contribution in [-0.4, -0.2) is 23.1 Å². The average Bonchev–Trinajstić information content (AvgIpc) is 3.10. The van der Waals surface area contributed by atoms with E-state index in [1.54, 1.807) is 23.9 Å². The van der Waals surface area contributed by atoms with Gasteiger partial charge in [-0.15, -0.1) is 11.8 Å². The fourth-order valence-corrected chi connectivity index (χ4v) is 4.32. The highest BCUT2D eigenvalue weighted by atomic mass is 32.2. The molecule has 1 saturated carbocycles. The molecule has 2 aliphatic rings. The van der Waals surface area contributed by atoms with E-state index in [9.17, 15) is 9.18 Å². The maximum absolute atomic E-state index is 13.9. The molecule has 0 bridgehead atoms. The van der Waals surface area contributed by atoms with Gasteiger partial charge in [0.1, 0.15) is 11.2 Å². The third-order valence-corrected chi connectivity index (χ3v) is 5.29. The molecule has 0 radical (unpaired) electrons. The molecule has 102 valence electrons. The Morgan fingerprint density at radius 2 is 2.00 bits per heavy atom. The fraction of sp³-hybridized carbons (Fsp3) is 0.533. The lowest BCUT2D eigenvalue weighted by molar-refractivity contribution is -0.135. The van der Waals surface area contributed by atoms with E-state index in [0.717, 1.165) is 38.0 Å². The lowest BCUT2D eigenvalue weighted by Gasteiger charge is -2.27. The number of rotatable bonds is 2. The zero-order valence-corrected chi connectivity index (χ0v) is 11.7. The second kappa shape index (κ2) is 5.53. The van der Waals surface area contributed by atoms with Crippen molar-refractivity contribution >= 4 is 17.7 Å². The van der Waals surface area contributed by atoms with Crippen molar-refractivity contribution in [2.24, 2.45) is 5.92 Å². The largest absolute Gasteiger partial charge is 0.325 e. The van der Waals surface area contributed by atoms with E-state index < -0.39 is 0 Å². The number of benzene rings is 1. The van der Waals surface area contributed by atoms with Crippen LogP contribution in [0.1, 0.15) is 36.6 Å². The summed E-state index contributed by atoms with van der Waals surface area (Å²) in [5.41, 5.74) is 0.649. The molecule has 19 heavy (non-hydrogen) atoms. The summed E-state index contributed by atoms with van der Waals surface area (Å²) >= 11 is 1.67. The van der Waals surface area contributed by atoms with Crippen molar-refractivity contribution in [3.63, 3.8) is 0 Å². The highest BCUT2D eigenvalue weighted by molar-refractivity contribution is 7.99. The summed E-state index contributed by atoms with van der Waals surface area (Å²) in [6.07, 6.45) is 4.32. The van der Waals surface area contributed by atoms with E-state index in [4.69, 9.17) is 0 Å². The maximum atomic E-state index is 13.9. The minimum absolute atomic E-state index is 0.130. The molecule has 4 heteroatoms. The zero-order valence-electron chi connectivity index (χ0n) is 10.8. The lowest BCUT2D eigenvalue weighted by atomic mass is 10.1. The van der Waals surface area contributed by atoms with Gasteiger partial charge in [-0.25, -0.2) is 4.39 Å². The second-order valence-corrected chi connectivity index (χ2v) is 6.45. The van der Waals surface area contributed by atoms with Crippen molar-refractivity contribution in [1.29, 1.82) is 0 Å². The van der Waals surface area contributed by atoms with Crippen LogP contribution in [0.15, 0.2) is 24.3 Å². The van der Waals surface area contributed by atoms with E-state index in [0.29, 0.717) is 5.56 Å². The van der Waals surface area contributed by atoms with E-state index in [2.05, 4.69) is 0 Å². The fourth-order valence-electron chi connectivity index (χ4n) is 3.04. The number of carbonyl (C=O) groups is 1. The number of halogens is 1. The summed E-state index contributed by atoms with van der Waals surface area (Å²) in [6.45, 7) is 0.749. The van der Waals surface area contributed by atoms with Crippen LogP contribution in [0.2, 0.25) is 0 Å². The summed E-state index contributed by atoms with van der Waals surface area (Å²) in [7, 11) is 0. The van der Waals surface area contributed by atoms with Crippen LogP contribution in [0.4, 0.5) is 4.39 Å². The summed E-state index contributed by atoms with van der Waals surface area (Å²) < 4.78 is 13.9. The first kappa shape index (κ1) is 13.0. The van der Waals surface area contributed by atoms with E-state index in [1.165, 1.54) is 6.07 Å². The number of carbonyl (C=O) groups excluding carboxylic acids is 1. The van der Waals surface area contributed by atoms with E-state index in [-0.39, 0.29) is 23.0 Å². The number of hydrogen-bond donors (Lipinski definition) is 0. The van der Waals surface area contributed by atoms with Crippen molar-refractivity contribution in [2.45, 2.75) is 31.1 Å². The summed E-state index contributed by atoms with van der Waals surface area (Å²) in [5, 5.41) is -0.130. The molecule has 1 aromatic rings. The smallest absolute Gasteiger partial charge is 0.226 e. The standard InChI is InChI=1S/C15H18FNOS/c16-13-8-4-3-7-12(13)15-17(9-10-19-15)14(18)11-5-1-2-6-11/h3-4,7-8,11,15H,1-2,5-6,9-10H2/t15-/m0/s1. The number of hydrogen-bond acceptors (Lipinski definition) is 2. The molecule has 0 spiro atoms. The van der Waals surface area contributed by atoms with Crippen molar-refractivity contribution in [3.05, 3.63) is 35.6 Å². The van der Waals surface area contributed by atoms with Gasteiger partial charge in [0.15, 0.2) is 0 Å². The quantitative estimate of drug-likeness (QED) is 0.824. The van der Waals surface area contributed by atoms with Gasteiger partial charge in [-0.05, 0) is 18.9 Å². The SMILES string of the molecule is O=C(C1CCCC1)N1CCS[C@H]1c1ccccc1F. The predicted molar refractivity (Wildman–Crippen MR) is 75.3 cm³/mol. The Balaban J connectivity index is 1.81. The van der Waals surface area contributed by atoms with Gasteiger partial charge >= 0.3 is 0 Å². The average molecular weight is 279 g/mol. The molecule has 2 fully saturated rings. The monoisotopic (exact) mass is 279 g/mol. The topological polar surface area (TPSA) is 20.3 Å². The van der Waals surface area contributed by atoms with Gasteiger partial charge < -0.3 is 4.90 Å². The highest BCUT2D eigenvalue weighted by Gasteiger charge is 2.36. The molecular formula is C15H18FNOS. The molecular weight excluding hydrogens is 261 g/mol. The molecule has 1 aliphatic carbocycles. The Morgan fingerprint density at radius 1 is 1.26 bits per heavy atom. The first-order valence-corrected chi connectivity index (χ1v) is 7.99. The molecule has 1 heterocycles. The Hall–Kier alpha value is -1.03. The summed E-state index contributed by atoms with van der Waals surface area (Å²) in [4.78, 5) is 14.4. The third-order valence-electron chi connectivity index (χ3n) is 4.05. The van der Waals surface area contributed by atoms with Gasteiger partial charge in [0.05, 0.1) is 0 Å². The van der Waals surface area contributed by atoms with Crippen molar-refractivity contribution in [3.8, 4) is 0 Å². The van der Waals surface area contributed by atoms with E-state index in [1.807, 2.05) is 11.0 Å². The molecule has 0 N–H and O–H groups in total. The Morgan fingerprint density at radius 3 is 2.74 bits per heavy atom. The molecule has 0 unspecified atom stereocenters. The maximum Gasteiger partial charge on any atom is 0.226 e. The minimum atomic E-state index is -0.203. The first-order chi connectivity index (χ1) is 9.27. The molecule has 1 saturated heterocycles. The molecule has 1 aliphatic heterocycles. The first-order valence-electron chi connectivity index (χ1n) is 6.94. The second-order valence-electron chi connectivity index (χ2n) is 5.26. The van der Waals surface area contributed by atoms with Crippen molar-refractivity contribution in [1.82, 2.24) is 4.90 Å². The van der Waals surface area contributed by atoms with Crippen LogP contribution in [0, 0.1) is 11.7 Å². The Kier molecular flexibility index (Phi) is 3.78. The zero-order chi connectivity index (χ0) is 13.2. The van der Waals surface area contributed by atoms with Gasteiger partial charge in [-0.1, -0.05) is 31.0 Å². The molecule has 2 nitrogen and oxygen atoms in total. The predicted octanol–water partition coefficient (Wildman–Crippen LogP) is 3.59. The van der Waals surface area contributed by atoms with Crippen LogP contribution in [0.25, 0.3) is 0 Å². The number of nitrogens with zero attached hydrogens (tertiary/aromatic N) is 1. The van der Waals surface area contributed by atoms with Crippen LogP contribution in [0.5, 0.6) is 0 Å². The molecule has 0 aromatic heterocycles. The Labute approximate surface area is 117 Å². The third kappa shape index (κ3) is 2.50. The van der Waals surface area contributed by atoms with Crippen LogP contribution in [-0.2, 0) is 4.79 Å². The van der Waals surface area contributed by atoms with Crippen molar-refractivity contribution < 1.29 is 9.18 Å². The molecule has 1 aromatic carbocycles. The Bertz CT molecular complexity index is 473.